The van der Waals surface area contributed by atoms with Crippen LogP contribution >= 0.6 is 0 Å². The molecule has 2 N–H and O–H groups in total. The molecule has 0 bridgehead atoms. The molecule has 2 aromatic rings. The molecule has 0 saturated heterocycles. The summed E-state index contributed by atoms with van der Waals surface area (Å²) < 4.78 is 5.75. The number of hydrogen-bond donors (Lipinski definition) is 2. The Hall–Kier alpha value is -2.77. The van der Waals surface area contributed by atoms with Gasteiger partial charge < -0.3 is 14.9 Å². The van der Waals surface area contributed by atoms with Crippen LogP contribution in [0.4, 0.5) is 0 Å². The van der Waals surface area contributed by atoms with Gasteiger partial charge >= 0.3 is 5.97 Å². The maximum absolute atomic E-state index is 10.9. The molecule has 25 heavy (non-hydrogen) atoms. The molecule has 2 atom stereocenters. The molecule has 0 aromatic heterocycles. The summed E-state index contributed by atoms with van der Waals surface area (Å²) in [7, 11) is 0. The minimum atomic E-state index is -0.867. The molecule has 0 saturated carbocycles. The Bertz CT molecular complexity index is 749. The van der Waals surface area contributed by atoms with Crippen molar-refractivity contribution in [2.24, 2.45) is 0 Å². The van der Waals surface area contributed by atoms with E-state index in [1.165, 1.54) is 0 Å². The molecule has 4 nitrogen and oxygen atoms in total. The SMILES string of the molecule is CC#C[C@@H](CC(=O)O)c1ccc(OCc2ccc(C(C)O)cc2)cc1. The van der Waals surface area contributed by atoms with Gasteiger partial charge in [0, 0.05) is 0 Å². The third kappa shape index (κ3) is 5.66. The van der Waals surface area contributed by atoms with E-state index in [-0.39, 0.29) is 12.3 Å². The highest BCUT2D eigenvalue weighted by molar-refractivity contribution is 5.69. The van der Waals surface area contributed by atoms with Crippen LogP contribution in [0.25, 0.3) is 0 Å². The van der Waals surface area contributed by atoms with Gasteiger partial charge in [0.05, 0.1) is 18.4 Å². The molecule has 0 aliphatic heterocycles. The van der Waals surface area contributed by atoms with Crippen molar-refractivity contribution in [3.8, 4) is 17.6 Å². The second-order valence-corrected chi connectivity index (χ2v) is 5.82. The van der Waals surface area contributed by atoms with Gasteiger partial charge in [0.1, 0.15) is 12.4 Å². The van der Waals surface area contributed by atoms with E-state index < -0.39 is 12.1 Å². The largest absolute Gasteiger partial charge is 0.489 e. The van der Waals surface area contributed by atoms with E-state index >= 15 is 0 Å². The summed E-state index contributed by atoms with van der Waals surface area (Å²) in [4.78, 5) is 10.9. The van der Waals surface area contributed by atoms with Gasteiger partial charge in [-0.1, -0.05) is 42.3 Å². The van der Waals surface area contributed by atoms with Crippen LogP contribution < -0.4 is 4.74 Å². The molecule has 1 unspecified atom stereocenters. The van der Waals surface area contributed by atoms with Gasteiger partial charge in [0.2, 0.25) is 0 Å². The van der Waals surface area contributed by atoms with Crippen molar-refractivity contribution < 1.29 is 19.7 Å². The molecule has 4 heteroatoms. The zero-order valence-electron chi connectivity index (χ0n) is 14.4. The van der Waals surface area contributed by atoms with E-state index in [1.54, 1.807) is 13.8 Å². The lowest BCUT2D eigenvalue weighted by molar-refractivity contribution is -0.137. The normalized spacial score (nSPS) is 12.6. The van der Waals surface area contributed by atoms with Crippen LogP contribution in [-0.2, 0) is 11.4 Å². The number of hydrogen-bond acceptors (Lipinski definition) is 3. The average molecular weight is 338 g/mol. The zero-order valence-corrected chi connectivity index (χ0v) is 14.4. The number of ether oxygens (including phenoxy) is 1. The fourth-order valence-electron chi connectivity index (χ4n) is 2.46. The minimum Gasteiger partial charge on any atom is -0.489 e. The van der Waals surface area contributed by atoms with Gasteiger partial charge in [-0.05, 0) is 42.7 Å². The first kappa shape index (κ1) is 18.6. The van der Waals surface area contributed by atoms with E-state index in [4.69, 9.17) is 9.84 Å². The van der Waals surface area contributed by atoms with E-state index in [0.29, 0.717) is 12.4 Å². The molecular formula is C21H22O4. The van der Waals surface area contributed by atoms with Gasteiger partial charge in [-0.3, -0.25) is 4.79 Å². The summed E-state index contributed by atoms with van der Waals surface area (Å²) in [6, 6.07) is 15.0. The second kappa shape index (κ2) is 8.91. The number of aliphatic hydroxyl groups excluding tert-OH is 1. The molecule has 0 radical (unpaired) electrons. The van der Waals surface area contributed by atoms with Crippen LogP contribution in [0.15, 0.2) is 48.5 Å². The highest BCUT2D eigenvalue weighted by atomic mass is 16.5. The Morgan fingerprint density at radius 1 is 1.08 bits per heavy atom. The molecule has 0 fully saturated rings. The third-order valence-electron chi connectivity index (χ3n) is 3.85. The third-order valence-corrected chi connectivity index (χ3v) is 3.85. The van der Waals surface area contributed by atoms with Crippen molar-refractivity contribution in [1.29, 1.82) is 0 Å². The number of benzene rings is 2. The molecule has 0 aliphatic rings. The van der Waals surface area contributed by atoms with E-state index in [0.717, 1.165) is 16.7 Å². The van der Waals surface area contributed by atoms with Crippen molar-refractivity contribution in [2.45, 2.75) is 38.9 Å². The predicted molar refractivity (Wildman–Crippen MR) is 96.3 cm³/mol. The Balaban J connectivity index is 1.99. The van der Waals surface area contributed by atoms with Gasteiger partial charge in [-0.15, -0.1) is 5.92 Å². The molecule has 0 aliphatic carbocycles. The molecule has 0 heterocycles. The average Bonchev–Trinajstić information content (AvgIpc) is 2.60. The number of carboxylic acids is 1. The predicted octanol–water partition coefficient (Wildman–Crippen LogP) is 3.90. The number of aliphatic carboxylic acids is 1. The lowest BCUT2D eigenvalue weighted by Crippen LogP contribution is -2.04. The fourth-order valence-corrected chi connectivity index (χ4v) is 2.46. The maximum Gasteiger partial charge on any atom is 0.304 e. The summed E-state index contributed by atoms with van der Waals surface area (Å²) in [6.07, 6.45) is -0.496. The maximum atomic E-state index is 10.9. The number of aliphatic hydroxyl groups is 1. The molecule has 0 amide bonds. The Kier molecular flexibility index (Phi) is 6.62. The first-order chi connectivity index (χ1) is 12.0. The zero-order chi connectivity index (χ0) is 18.2. The summed E-state index contributed by atoms with van der Waals surface area (Å²) in [5.41, 5.74) is 2.74. The minimum absolute atomic E-state index is 0.0172. The molecule has 0 spiro atoms. The van der Waals surface area contributed by atoms with Crippen LogP contribution in [0.5, 0.6) is 5.75 Å². The molecule has 130 valence electrons. The van der Waals surface area contributed by atoms with Gasteiger partial charge in [0.15, 0.2) is 0 Å². The van der Waals surface area contributed by atoms with Crippen LogP contribution in [0.1, 0.15) is 49.0 Å². The van der Waals surface area contributed by atoms with E-state index in [1.807, 2.05) is 48.5 Å². The Labute approximate surface area is 148 Å². The topological polar surface area (TPSA) is 66.8 Å². The summed E-state index contributed by atoms with van der Waals surface area (Å²) >= 11 is 0. The highest BCUT2D eigenvalue weighted by Gasteiger charge is 2.13. The first-order valence-corrected chi connectivity index (χ1v) is 8.13. The van der Waals surface area contributed by atoms with E-state index in [2.05, 4.69) is 11.8 Å². The van der Waals surface area contributed by atoms with E-state index in [9.17, 15) is 9.90 Å². The van der Waals surface area contributed by atoms with Gasteiger partial charge in [0.25, 0.3) is 0 Å². The number of carbonyl (C=O) groups is 1. The lowest BCUT2D eigenvalue weighted by atomic mass is 9.96. The molecule has 2 rings (SSSR count). The van der Waals surface area contributed by atoms with Crippen LogP contribution in [0, 0.1) is 11.8 Å². The van der Waals surface area contributed by atoms with Gasteiger partial charge in [-0.25, -0.2) is 0 Å². The molecular weight excluding hydrogens is 316 g/mol. The number of carboxylic acid groups (broad SMARTS) is 1. The Morgan fingerprint density at radius 2 is 1.68 bits per heavy atom. The fraction of sp³-hybridized carbons (Fsp3) is 0.286. The van der Waals surface area contributed by atoms with Crippen molar-refractivity contribution >= 4 is 5.97 Å². The second-order valence-electron chi connectivity index (χ2n) is 5.82. The van der Waals surface area contributed by atoms with Crippen LogP contribution in [0.3, 0.4) is 0 Å². The molecule has 2 aromatic carbocycles. The monoisotopic (exact) mass is 338 g/mol. The summed E-state index contributed by atoms with van der Waals surface area (Å²) in [5.74, 6) is 5.24. The van der Waals surface area contributed by atoms with Crippen molar-refractivity contribution in [1.82, 2.24) is 0 Å². The highest BCUT2D eigenvalue weighted by Crippen LogP contribution is 2.23. The summed E-state index contributed by atoms with van der Waals surface area (Å²) in [6.45, 7) is 3.86. The summed E-state index contributed by atoms with van der Waals surface area (Å²) in [5, 5.41) is 18.5. The van der Waals surface area contributed by atoms with Gasteiger partial charge in [-0.2, -0.15) is 0 Å². The van der Waals surface area contributed by atoms with Crippen molar-refractivity contribution in [2.75, 3.05) is 0 Å². The smallest absolute Gasteiger partial charge is 0.304 e. The first-order valence-electron chi connectivity index (χ1n) is 8.13. The van der Waals surface area contributed by atoms with Crippen molar-refractivity contribution in [3.05, 3.63) is 65.2 Å². The van der Waals surface area contributed by atoms with Crippen molar-refractivity contribution in [3.63, 3.8) is 0 Å². The standard InChI is InChI=1S/C21H22O4/c1-3-4-19(13-21(23)24)18-9-11-20(12-10-18)25-14-16-5-7-17(8-6-16)15(2)22/h5-12,15,19,22H,13-14H2,1-2H3,(H,23,24)/t15?,19-/m0/s1. The van der Waals surface area contributed by atoms with Crippen LogP contribution in [-0.4, -0.2) is 16.2 Å². The quantitative estimate of drug-likeness (QED) is 0.752. The lowest BCUT2D eigenvalue weighted by Gasteiger charge is -2.11. The Morgan fingerprint density at radius 3 is 2.20 bits per heavy atom. The van der Waals surface area contributed by atoms with Crippen LogP contribution in [0.2, 0.25) is 0 Å². The number of rotatable bonds is 7.